The van der Waals surface area contributed by atoms with Crippen LogP contribution in [0.5, 0.6) is 0 Å². The van der Waals surface area contributed by atoms with Gasteiger partial charge in [-0.05, 0) is 40.8 Å². The van der Waals surface area contributed by atoms with Gasteiger partial charge in [-0.1, -0.05) is 0 Å². The average molecular weight is 394 g/mol. The van der Waals surface area contributed by atoms with E-state index < -0.39 is 40.5 Å². The molecule has 0 bridgehead atoms. The molecular weight excluding hydrogens is 385 g/mol. The van der Waals surface area contributed by atoms with E-state index in [-0.39, 0.29) is 0 Å². The van der Waals surface area contributed by atoms with Crippen LogP contribution in [-0.4, -0.2) is 17.7 Å². The van der Waals surface area contributed by atoms with Crippen molar-refractivity contribution in [2.75, 3.05) is 0 Å². The number of carbonyl (C=O) groups excluding carboxylic acids is 2. The zero-order valence-electron chi connectivity index (χ0n) is 10.5. The van der Waals surface area contributed by atoms with Crippen molar-refractivity contribution in [3.63, 3.8) is 0 Å². The lowest BCUT2D eigenvalue weighted by Crippen LogP contribution is -2.41. The summed E-state index contributed by atoms with van der Waals surface area (Å²) in [6, 6.07) is 2.17. The Morgan fingerprint density at radius 1 is 1.10 bits per heavy atom. The molecule has 2 rings (SSSR count). The highest BCUT2D eigenvalue weighted by Gasteiger charge is 2.39. The van der Waals surface area contributed by atoms with E-state index in [9.17, 15) is 18.4 Å². The number of hydrogen-bond acceptors (Lipinski definition) is 4. The molecule has 1 aromatic carbocycles. The third kappa shape index (κ3) is 2.97. The lowest BCUT2D eigenvalue weighted by molar-refractivity contribution is -0.222. The summed E-state index contributed by atoms with van der Waals surface area (Å²) in [7, 11) is 0. The van der Waals surface area contributed by atoms with Gasteiger partial charge < -0.3 is 9.47 Å². The molecule has 1 heterocycles. The van der Waals surface area contributed by atoms with Crippen LogP contribution >= 0.6 is 22.6 Å². The molecule has 0 spiro atoms. The maximum atomic E-state index is 13.7. The summed E-state index contributed by atoms with van der Waals surface area (Å²) < 4.78 is 37.4. The van der Waals surface area contributed by atoms with Crippen LogP contribution in [0.1, 0.15) is 19.4 Å². The monoisotopic (exact) mass is 394 g/mol. The van der Waals surface area contributed by atoms with E-state index in [0.717, 1.165) is 18.2 Å². The second kappa shape index (κ2) is 5.12. The Kier molecular flexibility index (Phi) is 3.81. The van der Waals surface area contributed by atoms with Crippen molar-refractivity contribution in [2.24, 2.45) is 0 Å². The first-order valence-corrected chi connectivity index (χ1v) is 6.60. The standard InChI is InChI=1S/C13H9F2IO4/c1-13(2)19-11(17)8(12(18)20-13)5-7-9(14)3-6(16)4-10(7)15/h3-5H,1-2H3. The Bertz CT molecular complexity index is 592. The largest absolute Gasteiger partial charge is 0.419 e. The maximum absolute atomic E-state index is 13.7. The van der Waals surface area contributed by atoms with Crippen LogP contribution in [0.15, 0.2) is 17.7 Å². The Morgan fingerprint density at radius 2 is 1.55 bits per heavy atom. The lowest BCUT2D eigenvalue weighted by atomic mass is 10.1. The van der Waals surface area contributed by atoms with Crippen molar-refractivity contribution in [3.8, 4) is 0 Å². The number of carbonyl (C=O) groups is 2. The number of esters is 2. The minimum absolute atomic E-state index is 0.356. The summed E-state index contributed by atoms with van der Waals surface area (Å²) in [5, 5.41) is 0. The lowest BCUT2D eigenvalue weighted by Gasteiger charge is -2.29. The van der Waals surface area contributed by atoms with Crippen LogP contribution in [0.3, 0.4) is 0 Å². The molecule has 106 valence electrons. The summed E-state index contributed by atoms with van der Waals surface area (Å²) >= 11 is 1.75. The van der Waals surface area contributed by atoms with Crippen molar-refractivity contribution < 1.29 is 27.8 Å². The van der Waals surface area contributed by atoms with Gasteiger partial charge in [-0.25, -0.2) is 18.4 Å². The van der Waals surface area contributed by atoms with Crippen molar-refractivity contribution in [3.05, 3.63) is 38.5 Å². The van der Waals surface area contributed by atoms with E-state index in [4.69, 9.17) is 9.47 Å². The average Bonchev–Trinajstić information content (AvgIpc) is 2.24. The SMILES string of the molecule is CC1(C)OC(=O)C(=Cc2c(F)cc(I)cc2F)C(=O)O1. The second-order valence-corrected chi connectivity index (χ2v) is 5.77. The molecule has 0 aromatic heterocycles. The van der Waals surface area contributed by atoms with Crippen LogP contribution in [0.4, 0.5) is 8.78 Å². The van der Waals surface area contributed by atoms with Gasteiger partial charge in [-0.3, -0.25) is 0 Å². The smallest absolute Gasteiger partial charge is 0.348 e. The zero-order chi connectivity index (χ0) is 15.1. The highest BCUT2D eigenvalue weighted by molar-refractivity contribution is 14.1. The first-order chi connectivity index (χ1) is 9.19. The Morgan fingerprint density at radius 3 is 2.00 bits per heavy atom. The summed E-state index contributed by atoms with van der Waals surface area (Å²) in [5.74, 6) is -5.12. The summed E-state index contributed by atoms with van der Waals surface area (Å²) in [6.45, 7) is 2.76. The molecule has 1 saturated heterocycles. The molecule has 1 fully saturated rings. The van der Waals surface area contributed by atoms with Crippen LogP contribution < -0.4 is 0 Å². The van der Waals surface area contributed by atoms with Gasteiger partial charge in [0.05, 0.1) is 0 Å². The molecule has 0 amide bonds. The fraction of sp³-hybridized carbons (Fsp3) is 0.231. The van der Waals surface area contributed by atoms with Crippen molar-refractivity contribution in [1.82, 2.24) is 0 Å². The van der Waals surface area contributed by atoms with Gasteiger partial charge in [0.2, 0.25) is 0 Å². The van der Waals surface area contributed by atoms with Gasteiger partial charge in [0.1, 0.15) is 17.2 Å². The van der Waals surface area contributed by atoms with Crippen molar-refractivity contribution >= 4 is 40.6 Å². The fourth-order valence-corrected chi connectivity index (χ4v) is 2.16. The van der Waals surface area contributed by atoms with Crippen molar-refractivity contribution in [2.45, 2.75) is 19.6 Å². The molecule has 1 aliphatic rings. The molecule has 7 heteroatoms. The van der Waals surface area contributed by atoms with Gasteiger partial charge >= 0.3 is 11.9 Å². The van der Waals surface area contributed by atoms with E-state index in [1.54, 1.807) is 22.6 Å². The number of cyclic esters (lactones) is 2. The topological polar surface area (TPSA) is 52.6 Å². The Balaban J connectivity index is 2.46. The highest BCUT2D eigenvalue weighted by Crippen LogP contribution is 2.26. The summed E-state index contributed by atoms with van der Waals surface area (Å²) in [4.78, 5) is 23.4. The van der Waals surface area contributed by atoms with E-state index in [1.165, 1.54) is 13.8 Å². The van der Waals surface area contributed by atoms with Gasteiger partial charge in [0, 0.05) is 23.0 Å². The number of rotatable bonds is 1. The molecule has 0 unspecified atom stereocenters. The summed E-state index contributed by atoms with van der Waals surface area (Å²) in [6.07, 6.45) is 0.792. The minimum atomic E-state index is -1.39. The van der Waals surface area contributed by atoms with Crippen LogP contribution in [-0.2, 0) is 19.1 Å². The first kappa shape index (κ1) is 14.9. The van der Waals surface area contributed by atoms with E-state index in [1.807, 2.05) is 0 Å². The van der Waals surface area contributed by atoms with Gasteiger partial charge in [-0.2, -0.15) is 0 Å². The quantitative estimate of drug-likeness (QED) is 0.318. The Labute approximate surface area is 126 Å². The second-order valence-electron chi connectivity index (χ2n) is 4.52. The molecule has 20 heavy (non-hydrogen) atoms. The zero-order valence-corrected chi connectivity index (χ0v) is 12.7. The third-order valence-electron chi connectivity index (χ3n) is 2.45. The number of hydrogen-bond donors (Lipinski definition) is 0. The van der Waals surface area contributed by atoms with Crippen molar-refractivity contribution in [1.29, 1.82) is 0 Å². The fourth-order valence-electron chi connectivity index (χ4n) is 1.61. The molecule has 1 aromatic rings. The normalized spacial score (nSPS) is 17.6. The van der Waals surface area contributed by atoms with Gasteiger partial charge in [-0.15, -0.1) is 0 Å². The number of halogens is 3. The molecule has 0 atom stereocenters. The van der Waals surface area contributed by atoms with E-state index in [2.05, 4.69) is 0 Å². The molecule has 4 nitrogen and oxygen atoms in total. The van der Waals surface area contributed by atoms with E-state index >= 15 is 0 Å². The predicted octanol–water partition coefficient (Wildman–Crippen LogP) is 2.79. The molecule has 1 aliphatic heterocycles. The van der Waals surface area contributed by atoms with Gasteiger partial charge in [0.25, 0.3) is 5.79 Å². The van der Waals surface area contributed by atoms with Crippen LogP contribution in [0.25, 0.3) is 6.08 Å². The molecule has 0 saturated carbocycles. The molecule has 0 radical (unpaired) electrons. The number of ether oxygens (including phenoxy) is 2. The molecular formula is C13H9F2IO4. The van der Waals surface area contributed by atoms with Crippen LogP contribution in [0, 0.1) is 15.2 Å². The van der Waals surface area contributed by atoms with Crippen LogP contribution in [0.2, 0.25) is 0 Å². The Hall–Kier alpha value is -1.51. The first-order valence-electron chi connectivity index (χ1n) is 5.52. The molecule has 0 N–H and O–H groups in total. The highest BCUT2D eigenvalue weighted by atomic mass is 127. The summed E-state index contributed by atoms with van der Waals surface area (Å²) in [5.41, 5.74) is -1.04. The minimum Gasteiger partial charge on any atom is -0.419 e. The third-order valence-corrected chi connectivity index (χ3v) is 3.07. The predicted molar refractivity (Wildman–Crippen MR) is 73.3 cm³/mol. The van der Waals surface area contributed by atoms with E-state index in [0.29, 0.717) is 3.57 Å². The molecule has 0 aliphatic carbocycles. The van der Waals surface area contributed by atoms with Gasteiger partial charge in [0.15, 0.2) is 0 Å². The maximum Gasteiger partial charge on any atom is 0.348 e. The number of benzene rings is 1.